The molecule has 1 unspecified atom stereocenters. The molecule has 0 saturated carbocycles. The van der Waals surface area contributed by atoms with Crippen LogP contribution in [0.4, 0.5) is 10.8 Å². The average Bonchev–Trinajstić information content (AvgIpc) is 3.18. The summed E-state index contributed by atoms with van der Waals surface area (Å²) in [4.78, 5) is 19.5. The first-order valence-electron chi connectivity index (χ1n) is 10.2. The van der Waals surface area contributed by atoms with Gasteiger partial charge < -0.3 is 9.64 Å². The molecule has 4 rings (SSSR count). The van der Waals surface area contributed by atoms with E-state index >= 15 is 0 Å². The highest BCUT2D eigenvalue weighted by Crippen LogP contribution is 2.35. The third kappa shape index (κ3) is 5.32. The number of sulfonamides is 1. The number of carbonyl (C=O) groups excluding carboxylic acids is 1. The van der Waals surface area contributed by atoms with Crippen molar-refractivity contribution >= 4 is 38.1 Å². The summed E-state index contributed by atoms with van der Waals surface area (Å²) < 4.78 is 30.9. The van der Waals surface area contributed by atoms with E-state index in [4.69, 9.17) is 10.00 Å². The largest absolute Gasteiger partial charge is 0.493 e. The lowest BCUT2D eigenvalue weighted by Gasteiger charge is -2.31. The van der Waals surface area contributed by atoms with Crippen molar-refractivity contribution in [1.82, 2.24) is 9.71 Å². The number of thiazole rings is 1. The van der Waals surface area contributed by atoms with Crippen molar-refractivity contribution < 1.29 is 17.9 Å². The van der Waals surface area contributed by atoms with E-state index in [2.05, 4.69) is 17.1 Å². The van der Waals surface area contributed by atoms with Crippen molar-refractivity contribution in [1.29, 1.82) is 5.26 Å². The van der Waals surface area contributed by atoms with Crippen molar-refractivity contribution in [3.63, 3.8) is 0 Å². The highest BCUT2D eigenvalue weighted by molar-refractivity contribution is 7.89. The number of nitrogens with zero attached hydrogens (tertiary/aromatic N) is 3. The minimum Gasteiger partial charge on any atom is -0.493 e. The summed E-state index contributed by atoms with van der Waals surface area (Å²) in [6, 6.07) is 17.2. The molecular weight excluding hydrogens is 460 g/mol. The van der Waals surface area contributed by atoms with E-state index in [1.54, 1.807) is 19.1 Å². The first-order chi connectivity index (χ1) is 15.7. The molecule has 1 aliphatic heterocycles. The minimum absolute atomic E-state index is 0.0734. The molecule has 1 aliphatic rings. The smallest absolute Gasteiger partial charge is 0.284 e. The van der Waals surface area contributed by atoms with Gasteiger partial charge in [0.05, 0.1) is 24.5 Å². The third-order valence-electron chi connectivity index (χ3n) is 5.21. The fraction of sp³-hybridized carbons (Fsp3) is 0.261. The summed E-state index contributed by atoms with van der Waals surface area (Å²) in [5, 5.41) is 9.71. The summed E-state index contributed by atoms with van der Waals surface area (Å²) in [5.41, 5.74) is 2.57. The molecule has 2 aromatic carbocycles. The summed E-state index contributed by atoms with van der Waals surface area (Å²) in [5.74, 6) is 0.295. The van der Waals surface area contributed by atoms with Gasteiger partial charge in [-0.3, -0.25) is 4.79 Å². The molecule has 0 fully saturated rings. The van der Waals surface area contributed by atoms with Crippen LogP contribution in [0.2, 0.25) is 0 Å². The molecular formula is C23H22N4O4S2. The predicted molar refractivity (Wildman–Crippen MR) is 126 cm³/mol. The molecule has 0 bridgehead atoms. The number of benzene rings is 2. The van der Waals surface area contributed by atoms with E-state index < -0.39 is 15.9 Å². The molecule has 0 saturated heterocycles. The molecule has 1 N–H and O–H groups in total. The Balaban J connectivity index is 1.66. The van der Waals surface area contributed by atoms with Gasteiger partial charge in [0, 0.05) is 23.0 Å². The zero-order valence-corrected chi connectivity index (χ0v) is 19.7. The summed E-state index contributed by atoms with van der Waals surface area (Å²) in [7, 11) is -3.71. The third-order valence-corrected chi connectivity index (χ3v) is 6.76. The minimum atomic E-state index is -3.71. The molecule has 10 heteroatoms. The molecule has 2 heterocycles. The van der Waals surface area contributed by atoms with Gasteiger partial charge in [-0.1, -0.05) is 18.2 Å². The van der Waals surface area contributed by atoms with Crippen molar-refractivity contribution in [2.75, 3.05) is 24.3 Å². The number of aromatic nitrogens is 1. The second-order valence-corrected chi connectivity index (χ2v) is 10.8. The van der Waals surface area contributed by atoms with Gasteiger partial charge in [-0.15, -0.1) is 11.3 Å². The number of fused-ring (bicyclic) bond motifs is 1. The number of anilines is 2. The van der Waals surface area contributed by atoms with Crippen LogP contribution in [-0.2, 0) is 16.4 Å². The van der Waals surface area contributed by atoms with Gasteiger partial charge in [0.15, 0.2) is 5.13 Å². The zero-order chi connectivity index (χ0) is 23.6. The fourth-order valence-electron chi connectivity index (χ4n) is 3.70. The van der Waals surface area contributed by atoms with E-state index in [1.807, 2.05) is 40.0 Å². The lowest BCUT2D eigenvalue weighted by atomic mass is 9.96. The summed E-state index contributed by atoms with van der Waals surface area (Å²) >= 11 is 1.31. The van der Waals surface area contributed by atoms with Gasteiger partial charge in [-0.25, -0.2) is 18.1 Å². The number of hydrogen-bond acceptors (Lipinski definition) is 8. The number of aryl methyl sites for hydroxylation is 1. The van der Waals surface area contributed by atoms with Gasteiger partial charge >= 0.3 is 0 Å². The quantitative estimate of drug-likeness (QED) is 0.573. The van der Waals surface area contributed by atoms with Crippen molar-refractivity contribution in [2.24, 2.45) is 5.92 Å². The molecule has 8 nitrogen and oxygen atoms in total. The van der Waals surface area contributed by atoms with Crippen molar-refractivity contribution in [2.45, 2.75) is 13.3 Å². The van der Waals surface area contributed by atoms with Crippen LogP contribution < -0.4 is 14.4 Å². The maximum absolute atomic E-state index is 12.4. The number of nitriles is 1. The van der Waals surface area contributed by atoms with Crippen molar-refractivity contribution in [3.8, 4) is 11.8 Å². The Hall–Kier alpha value is -3.42. The topological polar surface area (TPSA) is 112 Å². The number of carbonyl (C=O) groups is 1. The molecule has 170 valence electrons. The molecule has 3 aromatic rings. The molecule has 1 amide bonds. The maximum atomic E-state index is 12.4. The number of ether oxygens (including phenoxy) is 1. The van der Waals surface area contributed by atoms with Gasteiger partial charge in [0.2, 0.25) is 10.0 Å². The number of hydrogen-bond donors (Lipinski definition) is 1. The summed E-state index contributed by atoms with van der Waals surface area (Å²) in [6.07, 6.45) is 1.76. The molecule has 0 aliphatic carbocycles. The van der Waals surface area contributed by atoms with Gasteiger partial charge in [0.1, 0.15) is 11.4 Å². The van der Waals surface area contributed by atoms with E-state index in [-0.39, 0.29) is 11.6 Å². The van der Waals surface area contributed by atoms with Crippen molar-refractivity contribution in [3.05, 3.63) is 70.2 Å². The molecule has 1 atom stereocenters. The van der Waals surface area contributed by atoms with Gasteiger partial charge in [0.25, 0.3) is 5.91 Å². The van der Waals surface area contributed by atoms with Crippen LogP contribution >= 0.6 is 11.3 Å². The van der Waals surface area contributed by atoms with Crippen LogP contribution in [-0.4, -0.2) is 38.7 Å². The Labute approximate surface area is 196 Å². The molecule has 1 aromatic heterocycles. The average molecular weight is 483 g/mol. The Morgan fingerprint density at radius 3 is 2.70 bits per heavy atom. The van der Waals surface area contributed by atoms with Crippen LogP contribution in [0.15, 0.2) is 48.5 Å². The maximum Gasteiger partial charge on any atom is 0.284 e. The number of nitrogens with one attached hydrogen (secondary N) is 1. The standard InChI is InChI=1S/C23H22N4O4S2/c1-15-21(22(28)26-33(2,29)30)25-23(32-15)27(19-9-7-16(12-24)8-10-19)13-17-11-18-5-3-4-6-20(18)31-14-17/h3-10,17H,11,13-14H2,1-2H3,(H,26,28). The first kappa shape index (κ1) is 22.8. The molecule has 33 heavy (non-hydrogen) atoms. The summed E-state index contributed by atoms with van der Waals surface area (Å²) in [6.45, 7) is 2.84. The van der Waals surface area contributed by atoms with Gasteiger partial charge in [-0.05, 0) is 49.2 Å². The highest BCUT2D eigenvalue weighted by Gasteiger charge is 2.26. The number of rotatable bonds is 6. The molecule has 0 radical (unpaired) electrons. The second-order valence-electron chi connectivity index (χ2n) is 7.86. The Morgan fingerprint density at radius 2 is 2.00 bits per heavy atom. The van der Waals surface area contributed by atoms with Crippen LogP contribution in [0.3, 0.4) is 0 Å². The van der Waals surface area contributed by atoms with E-state index in [0.717, 1.165) is 29.7 Å². The van der Waals surface area contributed by atoms with E-state index in [9.17, 15) is 13.2 Å². The normalized spacial score (nSPS) is 15.1. The number of para-hydroxylation sites is 1. The first-order valence-corrected chi connectivity index (χ1v) is 12.9. The zero-order valence-electron chi connectivity index (χ0n) is 18.1. The van der Waals surface area contributed by atoms with Crippen LogP contribution in [0, 0.1) is 24.2 Å². The van der Waals surface area contributed by atoms with Crippen LogP contribution in [0.25, 0.3) is 0 Å². The van der Waals surface area contributed by atoms with Crippen LogP contribution in [0.5, 0.6) is 5.75 Å². The monoisotopic (exact) mass is 482 g/mol. The highest BCUT2D eigenvalue weighted by atomic mass is 32.2. The Morgan fingerprint density at radius 1 is 1.27 bits per heavy atom. The predicted octanol–water partition coefficient (Wildman–Crippen LogP) is 3.40. The van der Waals surface area contributed by atoms with Crippen LogP contribution in [0.1, 0.15) is 26.5 Å². The lowest BCUT2D eigenvalue weighted by molar-refractivity contribution is 0.0977. The SMILES string of the molecule is Cc1sc(N(CC2COc3ccccc3C2)c2ccc(C#N)cc2)nc1C(=O)NS(C)(=O)=O. The van der Waals surface area contributed by atoms with Gasteiger partial charge in [-0.2, -0.15) is 5.26 Å². The second kappa shape index (κ2) is 9.21. The number of amides is 1. The van der Waals surface area contributed by atoms with E-state index in [0.29, 0.717) is 28.7 Å². The Bertz CT molecular complexity index is 1330. The fourth-order valence-corrected chi connectivity index (χ4v) is 5.07. The Kier molecular flexibility index (Phi) is 6.35. The van der Waals surface area contributed by atoms with E-state index in [1.165, 1.54) is 11.3 Å². The molecule has 0 spiro atoms. The lowest BCUT2D eigenvalue weighted by Crippen LogP contribution is -2.33.